The number of halogens is 1. The van der Waals surface area contributed by atoms with Gasteiger partial charge in [0.1, 0.15) is 16.9 Å². The zero-order valence-corrected chi connectivity index (χ0v) is 12.3. The van der Waals surface area contributed by atoms with Gasteiger partial charge in [0.25, 0.3) is 11.2 Å². The van der Waals surface area contributed by atoms with Gasteiger partial charge in [-0.05, 0) is 6.07 Å². The Balaban J connectivity index is 3.05. The summed E-state index contributed by atoms with van der Waals surface area (Å²) in [4.78, 5) is 46.8. The van der Waals surface area contributed by atoms with Gasteiger partial charge >= 0.3 is 11.9 Å². The normalized spacial score (nSPS) is 10.4. The van der Waals surface area contributed by atoms with Crippen LogP contribution in [0.2, 0.25) is 5.02 Å². The maximum absolute atomic E-state index is 11.9. The van der Waals surface area contributed by atoms with E-state index in [4.69, 9.17) is 17.3 Å². The minimum absolute atomic E-state index is 0.185. The second-order valence-electron chi connectivity index (χ2n) is 4.52. The van der Waals surface area contributed by atoms with E-state index in [2.05, 4.69) is 0 Å². The number of hydrogen-bond donors (Lipinski definition) is 4. The van der Waals surface area contributed by atoms with Gasteiger partial charge in [0.05, 0.1) is 4.92 Å². The van der Waals surface area contributed by atoms with Crippen molar-refractivity contribution in [1.29, 1.82) is 0 Å². The number of carboxylic acid groups (broad SMARTS) is 2. The highest BCUT2D eigenvalue weighted by molar-refractivity contribution is 6.34. The number of nitrogens with zero attached hydrogens (tertiary/aromatic N) is 1. The molecule has 0 amide bonds. The van der Waals surface area contributed by atoms with Gasteiger partial charge in [-0.3, -0.25) is 14.9 Å². The van der Waals surface area contributed by atoms with Crippen LogP contribution >= 0.6 is 11.6 Å². The number of nitrogens with one attached hydrogen (secondary N) is 1. The van der Waals surface area contributed by atoms with Crippen LogP contribution in [0, 0.1) is 10.1 Å². The zero-order chi connectivity index (χ0) is 18.2. The fraction of sp³-hybridized carbons (Fsp3) is 0. The summed E-state index contributed by atoms with van der Waals surface area (Å²) < 4.78 is 0. The van der Waals surface area contributed by atoms with Crippen molar-refractivity contribution < 1.29 is 24.7 Å². The molecule has 0 fully saturated rings. The number of carboxylic acids is 2. The molecule has 0 bridgehead atoms. The Hall–Kier alpha value is -3.40. The summed E-state index contributed by atoms with van der Waals surface area (Å²) in [7, 11) is 0. The third-order valence-corrected chi connectivity index (χ3v) is 3.43. The second kappa shape index (κ2) is 6.01. The van der Waals surface area contributed by atoms with Gasteiger partial charge in [0, 0.05) is 28.3 Å². The standard InChI is InChI=1S/C13H8ClN3O7/c14-6-2-1-4(17(23)24)3-5(6)7-8(12(19)20)10(15)16-11(18)9(7)13(21)22/h1-3H,(H,19,20)(H,21,22)(H3,15,16,18). The summed E-state index contributed by atoms with van der Waals surface area (Å²) in [5.41, 5.74) is 1.25. The molecule has 0 unspecified atom stereocenters. The number of nitrogen functional groups attached to an aromatic ring is 1. The third kappa shape index (κ3) is 2.77. The fourth-order valence-corrected chi connectivity index (χ4v) is 2.35. The number of aromatic nitrogens is 1. The summed E-state index contributed by atoms with van der Waals surface area (Å²) in [5, 5.41) is 29.3. The molecule has 24 heavy (non-hydrogen) atoms. The Kier molecular flexibility index (Phi) is 4.24. The molecule has 0 spiro atoms. The molecule has 2 rings (SSSR count). The van der Waals surface area contributed by atoms with Crippen LogP contribution in [0.15, 0.2) is 23.0 Å². The van der Waals surface area contributed by atoms with E-state index in [0.29, 0.717) is 0 Å². The molecule has 0 aliphatic rings. The van der Waals surface area contributed by atoms with Crippen LogP contribution in [-0.2, 0) is 0 Å². The quantitative estimate of drug-likeness (QED) is 0.472. The molecular weight excluding hydrogens is 346 g/mol. The minimum atomic E-state index is -1.74. The first-order chi connectivity index (χ1) is 11.1. The first kappa shape index (κ1) is 17.0. The van der Waals surface area contributed by atoms with Gasteiger partial charge in [-0.1, -0.05) is 11.6 Å². The largest absolute Gasteiger partial charge is 0.478 e. The van der Waals surface area contributed by atoms with Crippen molar-refractivity contribution in [3.8, 4) is 11.1 Å². The van der Waals surface area contributed by atoms with E-state index in [0.717, 1.165) is 18.2 Å². The van der Waals surface area contributed by atoms with E-state index in [1.807, 2.05) is 4.98 Å². The first-order valence-electron chi connectivity index (χ1n) is 6.11. The van der Waals surface area contributed by atoms with Crippen molar-refractivity contribution in [3.63, 3.8) is 0 Å². The van der Waals surface area contributed by atoms with E-state index in [1.165, 1.54) is 0 Å². The van der Waals surface area contributed by atoms with Gasteiger partial charge in [-0.15, -0.1) is 0 Å². The summed E-state index contributed by atoms with van der Waals surface area (Å²) in [6.45, 7) is 0. The van der Waals surface area contributed by atoms with Gasteiger partial charge in [-0.25, -0.2) is 9.59 Å². The van der Waals surface area contributed by atoms with Crippen molar-refractivity contribution >= 4 is 35.0 Å². The van der Waals surface area contributed by atoms with E-state index in [9.17, 15) is 34.7 Å². The van der Waals surface area contributed by atoms with Gasteiger partial charge in [0.15, 0.2) is 0 Å². The van der Waals surface area contributed by atoms with Crippen molar-refractivity contribution in [3.05, 3.63) is 54.8 Å². The molecule has 124 valence electrons. The molecule has 5 N–H and O–H groups in total. The average Bonchev–Trinajstić information content (AvgIpc) is 2.45. The van der Waals surface area contributed by atoms with Crippen LogP contribution in [0.3, 0.4) is 0 Å². The van der Waals surface area contributed by atoms with Crippen molar-refractivity contribution in [1.82, 2.24) is 4.98 Å². The van der Waals surface area contributed by atoms with Crippen molar-refractivity contribution in [2.45, 2.75) is 0 Å². The predicted molar refractivity (Wildman–Crippen MR) is 82.5 cm³/mol. The number of pyridine rings is 1. The number of aromatic amines is 1. The number of benzene rings is 1. The SMILES string of the molecule is Nc1[nH]c(=O)c(C(=O)O)c(-c2cc([N+](=O)[O-])ccc2Cl)c1C(=O)O. The molecule has 1 aromatic heterocycles. The molecule has 0 aliphatic heterocycles. The molecule has 0 radical (unpaired) electrons. The predicted octanol–water partition coefficient (Wildman–Crippen LogP) is 1.58. The molecular formula is C13H8ClN3O7. The summed E-state index contributed by atoms with van der Waals surface area (Å²) >= 11 is 5.93. The van der Waals surface area contributed by atoms with Crippen LogP contribution in [-0.4, -0.2) is 32.1 Å². The lowest BCUT2D eigenvalue weighted by Crippen LogP contribution is -2.24. The number of carbonyl (C=O) groups is 2. The Labute approximate surface area is 137 Å². The maximum atomic E-state index is 11.9. The molecule has 10 nitrogen and oxygen atoms in total. The summed E-state index contributed by atoms with van der Waals surface area (Å²) in [6.07, 6.45) is 0. The highest BCUT2D eigenvalue weighted by Crippen LogP contribution is 2.36. The fourth-order valence-electron chi connectivity index (χ4n) is 2.13. The number of hydrogen-bond acceptors (Lipinski definition) is 6. The Morgan fingerprint density at radius 2 is 1.79 bits per heavy atom. The minimum Gasteiger partial charge on any atom is -0.478 e. The summed E-state index contributed by atoms with van der Waals surface area (Å²) in [5.74, 6) is -3.98. The number of nitro benzene ring substituents is 1. The average molecular weight is 354 g/mol. The zero-order valence-electron chi connectivity index (χ0n) is 11.6. The van der Waals surface area contributed by atoms with Crippen molar-refractivity contribution in [2.75, 3.05) is 5.73 Å². The lowest BCUT2D eigenvalue weighted by Gasteiger charge is -2.13. The Morgan fingerprint density at radius 1 is 1.21 bits per heavy atom. The van der Waals surface area contributed by atoms with Crippen LogP contribution in [0.25, 0.3) is 11.1 Å². The molecule has 11 heteroatoms. The van der Waals surface area contributed by atoms with Gasteiger partial charge in [-0.2, -0.15) is 0 Å². The van der Waals surface area contributed by atoms with Crippen LogP contribution in [0.5, 0.6) is 0 Å². The maximum Gasteiger partial charge on any atom is 0.342 e. The first-order valence-corrected chi connectivity index (χ1v) is 6.49. The van der Waals surface area contributed by atoms with E-state index in [-0.39, 0.29) is 10.6 Å². The number of H-pyrrole nitrogens is 1. The molecule has 0 saturated carbocycles. The molecule has 0 aliphatic carbocycles. The third-order valence-electron chi connectivity index (χ3n) is 3.10. The smallest absolute Gasteiger partial charge is 0.342 e. The van der Waals surface area contributed by atoms with E-state index < -0.39 is 50.6 Å². The number of nitrogens with two attached hydrogens (primary N) is 1. The number of nitro groups is 1. The number of non-ortho nitro benzene ring substituents is 1. The Bertz CT molecular complexity index is 951. The van der Waals surface area contributed by atoms with Crippen LogP contribution < -0.4 is 11.3 Å². The topological polar surface area (TPSA) is 177 Å². The molecule has 0 atom stereocenters. The van der Waals surface area contributed by atoms with Gasteiger partial charge in [0.2, 0.25) is 0 Å². The monoisotopic (exact) mass is 353 g/mol. The molecule has 1 heterocycles. The van der Waals surface area contributed by atoms with Crippen molar-refractivity contribution in [2.24, 2.45) is 0 Å². The number of rotatable bonds is 4. The Morgan fingerprint density at radius 3 is 2.29 bits per heavy atom. The molecule has 2 aromatic rings. The highest BCUT2D eigenvalue weighted by atomic mass is 35.5. The van der Waals surface area contributed by atoms with E-state index in [1.54, 1.807) is 0 Å². The van der Waals surface area contributed by atoms with E-state index >= 15 is 0 Å². The molecule has 0 saturated heterocycles. The summed E-state index contributed by atoms with van der Waals surface area (Å²) in [6, 6.07) is 3.00. The van der Waals surface area contributed by atoms with Crippen LogP contribution in [0.4, 0.5) is 11.5 Å². The second-order valence-corrected chi connectivity index (χ2v) is 4.93. The number of aromatic carboxylic acids is 2. The lowest BCUT2D eigenvalue weighted by molar-refractivity contribution is -0.384. The van der Waals surface area contributed by atoms with Crippen LogP contribution in [0.1, 0.15) is 20.7 Å². The molecule has 1 aromatic carbocycles. The number of anilines is 1. The highest BCUT2D eigenvalue weighted by Gasteiger charge is 2.28. The van der Waals surface area contributed by atoms with Gasteiger partial charge < -0.3 is 20.9 Å². The lowest BCUT2D eigenvalue weighted by atomic mass is 9.95.